The van der Waals surface area contributed by atoms with E-state index >= 15 is 0 Å². The van der Waals surface area contributed by atoms with Gasteiger partial charge in [-0.05, 0) is 43.0 Å². The molecule has 0 bridgehead atoms. The lowest BCUT2D eigenvalue weighted by molar-refractivity contribution is -0.929. The number of esters is 1. The largest absolute Gasteiger partial charge is 0.462 e. The van der Waals surface area contributed by atoms with E-state index in [4.69, 9.17) is 4.74 Å². The minimum Gasteiger partial charge on any atom is -0.462 e. The summed E-state index contributed by atoms with van der Waals surface area (Å²) >= 11 is 2.92. The van der Waals surface area contributed by atoms with Crippen LogP contribution in [0.3, 0.4) is 0 Å². The lowest BCUT2D eigenvalue weighted by atomic mass is 10.0. The Bertz CT molecular complexity index is 1400. The molecule has 0 aliphatic carbocycles. The Balaban J connectivity index is 1.42. The zero-order valence-electron chi connectivity index (χ0n) is 22.5. The number of quaternary nitrogens is 1. The van der Waals surface area contributed by atoms with Crippen LogP contribution in [0.1, 0.15) is 60.4 Å². The second kappa shape index (κ2) is 12.4. The molecular weight excluding hydrogens is 546 g/mol. The zero-order chi connectivity index (χ0) is 28.2. The van der Waals surface area contributed by atoms with Crippen LogP contribution in [0, 0.1) is 0 Å². The Labute approximate surface area is 241 Å². The molecule has 2 atom stereocenters. The van der Waals surface area contributed by atoms with Gasteiger partial charge in [-0.2, -0.15) is 11.8 Å². The first kappa shape index (κ1) is 28.1. The summed E-state index contributed by atoms with van der Waals surface area (Å²) in [5.74, 6) is -1.32. The van der Waals surface area contributed by atoms with Crippen molar-refractivity contribution >= 4 is 51.8 Å². The topological polar surface area (TPSA) is 97.2 Å². The van der Waals surface area contributed by atoms with Gasteiger partial charge in [-0.15, -0.1) is 11.3 Å². The molecule has 3 aromatic rings. The summed E-state index contributed by atoms with van der Waals surface area (Å²) in [5, 5.41) is 3.36. The number of carbonyl (C=O) groups is 4. The molecule has 0 fully saturated rings. The number of nitrogens with zero attached hydrogens (tertiary/aromatic N) is 1. The number of nitrogens with one attached hydrogen (secondary N) is 2. The summed E-state index contributed by atoms with van der Waals surface area (Å²) in [6.45, 7) is 4.41. The van der Waals surface area contributed by atoms with Crippen LogP contribution in [0.2, 0.25) is 0 Å². The van der Waals surface area contributed by atoms with Crippen molar-refractivity contribution in [1.82, 2.24) is 4.90 Å². The van der Waals surface area contributed by atoms with Crippen molar-refractivity contribution in [3.8, 4) is 0 Å². The van der Waals surface area contributed by atoms with Gasteiger partial charge in [0.15, 0.2) is 0 Å². The van der Waals surface area contributed by atoms with E-state index in [1.165, 1.54) is 33.6 Å². The first-order valence-corrected chi connectivity index (χ1v) is 15.6. The molecule has 1 aromatic heterocycles. The van der Waals surface area contributed by atoms with Gasteiger partial charge in [0.2, 0.25) is 5.91 Å². The van der Waals surface area contributed by atoms with Crippen LogP contribution >= 0.6 is 23.1 Å². The summed E-state index contributed by atoms with van der Waals surface area (Å²) in [6.07, 6.45) is 2.90. The third-order valence-electron chi connectivity index (χ3n) is 7.28. The van der Waals surface area contributed by atoms with E-state index in [-0.39, 0.29) is 6.61 Å². The van der Waals surface area contributed by atoms with Gasteiger partial charge in [0.05, 0.1) is 34.7 Å². The van der Waals surface area contributed by atoms with Crippen molar-refractivity contribution in [3.05, 3.63) is 87.3 Å². The Morgan fingerprint density at radius 3 is 2.40 bits per heavy atom. The van der Waals surface area contributed by atoms with Crippen LogP contribution in [0.25, 0.3) is 0 Å². The summed E-state index contributed by atoms with van der Waals surface area (Å²) in [4.78, 5) is 56.8. The van der Waals surface area contributed by atoms with Gasteiger partial charge in [-0.25, -0.2) is 4.79 Å². The second-order valence-electron chi connectivity index (χ2n) is 9.83. The minimum absolute atomic E-state index is 0.216. The molecule has 3 heterocycles. The van der Waals surface area contributed by atoms with Crippen molar-refractivity contribution in [2.24, 2.45) is 0 Å². The molecule has 0 saturated heterocycles. The normalized spacial score (nSPS) is 16.9. The first-order chi connectivity index (χ1) is 19.4. The highest BCUT2D eigenvalue weighted by molar-refractivity contribution is 7.98. The third-order valence-corrected chi connectivity index (χ3v) is 9.07. The molecule has 2 aromatic carbocycles. The molecule has 0 spiro atoms. The van der Waals surface area contributed by atoms with Gasteiger partial charge < -0.3 is 15.0 Å². The molecular formula is C30H32N3O5S2+. The zero-order valence-corrected chi connectivity index (χ0v) is 24.2. The van der Waals surface area contributed by atoms with Crippen LogP contribution in [0.15, 0.2) is 54.6 Å². The van der Waals surface area contributed by atoms with E-state index in [0.717, 1.165) is 35.0 Å². The molecule has 0 radical (unpaired) electrons. The standard InChI is InChI=1S/C30H31N3O5S2/c1-3-38-30(37)25-22-13-15-32(17-19-9-5-4-6-10-19)18-24(22)40-27(25)31-26(34)23(14-16-39-2)33-28(35)20-11-7-8-12-21(20)29(33)36/h4-12,23H,3,13-18H2,1-2H3,(H,31,34)/p+1/t23-/m1/s1. The number of hydrogen-bond acceptors (Lipinski definition) is 7. The molecule has 3 amide bonds. The van der Waals surface area contributed by atoms with Crippen LogP contribution < -0.4 is 10.2 Å². The number of thioether (sulfide) groups is 1. The van der Waals surface area contributed by atoms with Crippen molar-refractivity contribution < 1.29 is 28.8 Å². The van der Waals surface area contributed by atoms with Gasteiger partial charge in [-0.3, -0.25) is 19.3 Å². The van der Waals surface area contributed by atoms with Crippen LogP contribution in [-0.2, 0) is 29.0 Å². The molecule has 5 rings (SSSR count). The summed E-state index contributed by atoms with van der Waals surface area (Å²) < 4.78 is 5.39. The maximum absolute atomic E-state index is 13.8. The summed E-state index contributed by atoms with van der Waals surface area (Å²) in [6, 6.07) is 15.9. The van der Waals surface area contributed by atoms with E-state index in [2.05, 4.69) is 17.4 Å². The maximum Gasteiger partial charge on any atom is 0.341 e. The van der Waals surface area contributed by atoms with Crippen molar-refractivity contribution in [3.63, 3.8) is 0 Å². The fourth-order valence-corrected chi connectivity index (χ4v) is 7.14. The molecule has 2 aliphatic rings. The number of amides is 3. The smallest absolute Gasteiger partial charge is 0.341 e. The predicted molar refractivity (Wildman–Crippen MR) is 156 cm³/mol. The molecule has 2 N–H and O–H groups in total. The Hall–Kier alpha value is -3.47. The van der Waals surface area contributed by atoms with Gasteiger partial charge in [0.25, 0.3) is 11.8 Å². The Morgan fingerprint density at radius 1 is 1.07 bits per heavy atom. The van der Waals surface area contributed by atoms with Crippen molar-refractivity contribution in [2.75, 3.05) is 30.5 Å². The predicted octanol–water partition coefficient (Wildman–Crippen LogP) is 3.42. The molecule has 40 heavy (non-hydrogen) atoms. The highest BCUT2D eigenvalue weighted by atomic mass is 32.2. The van der Waals surface area contributed by atoms with Crippen molar-refractivity contribution in [1.29, 1.82) is 0 Å². The van der Waals surface area contributed by atoms with E-state index < -0.39 is 29.7 Å². The van der Waals surface area contributed by atoms with Gasteiger partial charge in [-0.1, -0.05) is 42.5 Å². The van der Waals surface area contributed by atoms with Crippen LogP contribution in [0.4, 0.5) is 5.00 Å². The van der Waals surface area contributed by atoms with Crippen molar-refractivity contribution in [2.45, 2.75) is 38.9 Å². The first-order valence-electron chi connectivity index (χ1n) is 13.4. The molecule has 208 valence electrons. The van der Waals surface area contributed by atoms with E-state index in [9.17, 15) is 19.2 Å². The monoisotopic (exact) mass is 578 g/mol. The number of fused-ring (bicyclic) bond motifs is 2. The lowest BCUT2D eigenvalue weighted by Gasteiger charge is -2.25. The van der Waals surface area contributed by atoms with Gasteiger partial charge >= 0.3 is 5.97 Å². The Morgan fingerprint density at radius 2 is 1.75 bits per heavy atom. The van der Waals surface area contributed by atoms with Gasteiger partial charge in [0, 0.05) is 12.0 Å². The number of rotatable bonds is 10. The fraction of sp³-hybridized carbons (Fsp3) is 0.333. The Kier molecular flexibility index (Phi) is 8.68. The highest BCUT2D eigenvalue weighted by Crippen LogP contribution is 2.36. The summed E-state index contributed by atoms with van der Waals surface area (Å²) in [5.41, 5.74) is 3.15. The average Bonchev–Trinajstić information content (AvgIpc) is 3.43. The number of imide groups is 1. The van der Waals surface area contributed by atoms with Crippen LogP contribution in [-0.4, -0.2) is 59.8 Å². The molecule has 0 saturated carbocycles. The second-order valence-corrected chi connectivity index (χ2v) is 11.9. The van der Waals surface area contributed by atoms with E-state index in [1.54, 1.807) is 31.2 Å². The average molecular weight is 579 g/mol. The number of benzene rings is 2. The summed E-state index contributed by atoms with van der Waals surface area (Å²) in [7, 11) is 0. The van der Waals surface area contributed by atoms with E-state index in [1.807, 2.05) is 24.5 Å². The molecule has 2 aliphatic heterocycles. The number of hydrogen-bond donors (Lipinski definition) is 2. The SMILES string of the molecule is CCOC(=O)c1c(NC(=O)[C@@H](CCSC)N2C(=O)c3ccccc3C2=O)sc2c1CC[NH+](Cc1ccccc1)C2. The number of thiophene rings is 1. The maximum atomic E-state index is 13.8. The molecule has 10 heteroatoms. The minimum atomic E-state index is -1.01. The fourth-order valence-electron chi connectivity index (χ4n) is 5.37. The molecule has 8 nitrogen and oxygen atoms in total. The number of carbonyl (C=O) groups excluding carboxylic acids is 4. The quantitative estimate of drug-likeness (QED) is 0.283. The highest BCUT2D eigenvalue weighted by Gasteiger charge is 2.43. The van der Waals surface area contributed by atoms with E-state index in [0.29, 0.717) is 40.3 Å². The number of anilines is 1. The number of ether oxygens (including phenoxy) is 1. The molecule has 1 unspecified atom stereocenters. The van der Waals surface area contributed by atoms with Gasteiger partial charge in [0.1, 0.15) is 24.1 Å². The lowest BCUT2D eigenvalue weighted by Crippen LogP contribution is -3.10. The third kappa shape index (κ3) is 5.56. The van der Waals surface area contributed by atoms with Crippen LogP contribution in [0.5, 0.6) is 0 Å².